The molecule has 0 aliphatic carbocycles. The Balaban J connectivity index is 2.65. The molecule has 2 N–H and O–H groups in total. The molecule has 0 aromatic carbocycles. The molecule has 102 valence electrons. The number of aliphatic hydroxyl groups excluding tert-OH is 1. The molecule has 1 atom stereocenters. The van der Waals surface area contributed by atoms with Gasteiger partial charge in [-0.1, -0.05) is 0 Å². The molecular formula is C11H24N2O3S. The maximum Gasteiger partial charge on any atom is 0.279 e. The Morgan fingerprint density at radius 1 is 1.41 bits per heavy atom. The highest BCUT2D eigenvalue weighted by Gasteiger charge is 2.31. The second-order valence-corrected chi connectivity index (χ2v) is 7.41. The molecule has 6 heteroatoms. The van der Waals surface area contributed by atoms with Crippen LogP contribution in [-0.2, 0) is 10.2 Å². The second kappa shape index (κ2) is 5.65. The van der Waals surface area contributed by atoms with Crippen molar-refractivity contribution in [2.45, 2.75) is 45.6 Å². The number of piperidine rings is 1. The third-order valence-corrected chi connectivity index (χ3v) is 4.68. The van der Waals surface area contributed by atoms with Gasteiger partial charge in [0.1, 0.15) is 0 Å². The summed E-state index contributed by atoms with van der Waals surface area (Å²) in [5.74, 6) is 0.283. The van der Waals surface area contributed by atoms with Crippen LogP contribution in [0, 0.1) is 5.92 Å². The lowest BCUT2D eigenvalue weighted by molar-refractivity contribution is 0.201. The summed E-state index contributed by atoms with van der Waals surface area (Å²) in [6, 6.07) is 0. The smallest absolute Gasteiger partial charge is 0.279 e. The maximum atomic E-state index is 12.1. The van der Waals surface area contributed by atoms with E-state index in [1.54, 1.807) is 0 Å². The van der Waals surface area contributed by atoms with Gasteiger partial charge in [0.15, 0.2) is 0 Å². The van der Waals surface area contributed by atoms with Gasteiger partial charge in [-0.2, -0.15) is 17.4 Å². The first-order valence-corrected chi connectivity index (χ1v) is 7.58. The van der Waals surface area contributed by atoms with E-state index in [4.69, 9.17) is 5.11 Å². The van der Waals surface area contributed by atoms with Crippen molar-refractivity contribution in [1.29, 1.82) is 0 Å². The van der Waals surface area contributed by atoms with E-state index in [1.165, 1.54) is 4.31 Å². The molecule has 17 heavy (non-hydrogen) atoms. The van der Waals surface area contributed by atoms with Crippen LogP contribution in [0.2, 0.25) is 0 Å². The normalized spacial score (nSPS) is 23.9. The van der Waals surface area contributed by atoms with Gasteiger partial charge in [0.05, 0.1) is 0 Å². The SMILES string of the molecule is CC(C)(C)NS(=O)(=O)N1CCCC(CCO)C1. The maximum absolute atomic E-state index is 12.1. The summed E-state index contributed by atoms with van der Waals surface area (Å²) >= 11 is 0. The van der Waals surface area contributed by atoms with Crippen molar-refractivity contribution in [1.82, 2.24) is 9.03 Å². The Morgan fingerprint density at radius 2 is 2.06 bits per heavy atom. The van der Waals surface area contributed by atoms with E-state index >= 15 is 0 Å². The Labute approximate surface area is 104 Å². The average molecular weight is 264 g/mol. The predicted octanol–water partition coefficient (Wildman–Crippen LogP) is 0.714. The molecule has 0 spiro atoms. The molecular weight excluding hydrogens is 240 g/mol. The minimum absolute atomic E-state index is 0.130. The van der Waals surface area contributed by atoms with Crippen molar-refractivity contribution < 1.29 is 13.5 Å². The molecule has 1 aliphatic heterocycles. The molecule has 0 saturated carbocycles. The first kappa shape index (κ1) is 14.9. The zero-order valence-corrected chi connectivity index (χ0v) is 11.8. The molecule has 0 radical (unpaired) electrons. The highest BCUT2D eigenvalue weighted by molar-refractivity contribution is 7.87. The van der Waals surface area contributed by atoms with Crippen molar-refractivity contribution in [3.8, 4) is 0 Å². The fourth-order valence-corrected chi connectivity index (χ4v) is 3.79. The lowest BCUT2D eigenvalue weighted by Crippen LogP contribution is -2.51. The predicted molar refractivity (Wildman–Crippen MR) is 67.8 cm³/mol. The fraction of sp³-hybridized carbons (Fsp3) is 1.00. The lowest BCUT2D eigenvalue weighted by Gasteiger charge is -2.34. The zero-order chi connectivity index (χ0) is 13.1. The Kier molecular flexibility index (Phi) is 4.95. The molecule has 0 bridgehead atoms. The van der Waals surface area contributed by atoms with Gasteiger partial charge in [-0.05, 0) is 46.0 Å². The van der Waals surface area contributed by atoms with Crippen LogP contribution in [0.1, 0.15) is 40.0 Å². The summed E-state index contributed by atoms with van der Waals surface area (Å²) in [6.45, 7) is 6.73. The van der Waals surface area contributed by atoms with Gasteiger partial charge in [0, 0.05) is 25.2 Å². The summed E-state index contributed by atoms with van der Waals surface area (Å²) in [7, 11) is -3.39. The van der Waals surface area contributed by atoms with Crippen LogP contribution < -0.4 is 4.72 Å². The Bertz CT molecular complexity index is 333. The molecule has 0 amide bonds. The van der Waals surface area contributed by atoms with Gasteiger partial charge in [0.25, 0.3) is 10.2 Å². The van der Waals surface area contributed by atoms with Crippen LogP contribution in [-0.4, -0.2) is 43.1 Å². The summed E-state index contributed by atoms with van der Waals surface area (Å²) in [5.41, 5.74) is -0.456. The fourth-order valence-electron chi connectivity index (χ4n) is 2.11. The number of hydrogen-bond donors (Lipinski definition) is 2. The van der Waals surface area contributed by atoms with Crippen LogP contribution in [0.4, 0.5) is 0 Å². The summed E-state index contributed by atoms with van der Waals surface area (Å²) in [5, 5.41) is 8.91. The van der Waals surface area contributed by atoms with Gasteiger partial charge in [0.2, 0.25) is 0 Å². The number of rotatable bonds is 4. The second-order valence-electron chi connectivity index (χ2n) is 5.74. The van der Waals surface area contributed by atoms with Crippen LogP contribution in [0.25, 0.3) is 0 Å². The Morgan fingerprint density at radius 3 is 2.59 bits per heavy atom. The van der Waals surface area contributed by atoms with Crippen LogP contribution in [0.15, 0.2) is 0 Å². The third kappa shape index (κ3) is 4.91. The van der Waals surface area contributed by atoms with Crippen LogP contribution in [0.3, 0.4) is 0 Å². The van der Waals surface area contributed by atoms with Crippen molar-refractivity contribution in [2.75, 3.05) is 19.7 Å². The number of aliphatic hydroxyl groups is 1. The van der Waals surface area contributed by atoms with Crippen molar-refractivity contribution in [3.05, 3.63) is 0 Å². The highest BCUT2D eigenvalue weighted by Crippen LogP contribution is 2.21. The van der Waals surface area contributed by atoms with Crippen molar-refractivity contribution in [2.24, 2.45) is 5.92 Å². The number of nitrogens with zero attached hydrogens (tertiary/aromatic N) is 1. The Hall–Kier alpha value is -0.170. The topological polar surface area (TPSA) is 69.6 Å². The molecule has 1 rings (SSSR count). The summed E-state index contributed by atoms with van der Waals surface area (Å²) < 4.78 is 28.4. The minimum Gasteiger partial charge on any atom is -0.396 e. The van der Waals surface area contributed by atoms with Crippen molar-refractivity contribution in [3.63, 3.8) is 0 Å². The summed E-state index contributed by atoms with van der Waals surface area (Å²) in [6.07, 6.45) is 2.55. The summed E-state index contributed by atoms with van der Waals surface area (Å²) in [4.78, 5) is 0. The first-order chi connectivity index (χ1) is 7.74. The van der Waals surface area contributed by atoms with E-state index in [0.29, 0.717) is 19.5 Å². The average Bonchev–Trinajstić information content (AvgIpc) is 2.15. The van der Waals surface area contributed by atoms with E-state index in [9.17, 15) is 8.42 Å². The van der Waals surface area contributed by atoms with Gasteiger partial charge in [-0.25, -0.2) is 0 Å². The lowest BCUT2D eigenvalue weighted by atomic mass is 9.97. The molecule has 0 aromatic rings. The highest BCUT2D eigenvalue weighted by atomic mass is 32.2. The molecule has 1 saturated heterocycles. The van der Waals surface area contributed by atoms with Gasteiger partial charge in [-0.3, -0.25) is 0 Å². The van der Waals surface area contributed by atoms with E-state index in [0.717, 1.165) is 12.8 Å². The van der Waals surface area contributed by atoms with Gasteiger partial charge < -0.3 is 5.11 Å². The molecule has 0 aromatic heterocycles. The van der Waals surface area contributed by atoms with E-state index in [1.807, 2.05) is 20.8 Å². The van der Waals surface area contributed by atoms with E-state index in [-0.39, 0.29) is 12.5 Å². The molecule has 1 unspecified atom stereocenters. The zero-order valence-electron chi connectivity index (χ0n) is 10.9. The molecule has 1 aliphatic rings. The van der Waals surface area contributed by atoms with Gasteiger partial charge >= 0.3 is 0 Å². The number of hydrogen-bond acceptors (Lipinski definition) is 3. The first-order valence-electron chi connectivity index (χ1n) is 6.14. The largest absolute Gasteiger partial charge is 0.396 e. The van der Waals surface area contributed by atoms with Crippen LogP contribution >= 0.6 is 0 Å². The van der Waals surface area contributed by atoms with E-state index < -0.39 is 15.7 Å². The standard InChI is InChI=1S/C11H24N2O3S/c1-11(2,3)12-17(15,16)13-7-4-5-10(9-13)6-8-14/h10,12,14H,4-9H2,1-3H3. The van der Waals surface area contributed by atoms with E-state index in [2.05, 4.69) is 4.72 Å². The quantitative estimate of drug-likeness (QED) is 0.786. The molecule has 5 nitrogen and oxygen atoms in total. The van der Waals surface area contributed by atoms with Gasteiger partial charge in [-0.15, -0.1) is 0 Å². The third-order valence-electron chi connectivity index (χ3n) is 2.79. The minimum atomic E-state index is -3.39. The van der Waals surface area contributed by atoms with Crippen molar-refractivity contribution >= 4 is 10.2 Å². The number of nitrogens with one attached hydrogen (secondary N) is 1. The molecule has 1 heterocycles. The molecule has 1 fully saturated rings. The van der Waals surface area contributed by atoms with Crippen LogP contribution in [0.5, 0.6) is 0 Å². The monoisotopic (exact) mass is 264 g/mol.